The maximum atomic E-state index is 13.8. The zero-order valence-corrected chi connectivity index (χ0v) is 17.5. The molecule has 0 aliphatic carbocycles. The van der Waals surface area contributed by atoms with Crippen molar-refractivity contribution in [2.24, 2.45) is 0 Å². The van der Waals surface area contributed by atoms with Crippen molar-refractivity contribution in [1.29, 1.82) is 0 Å². The number of nitrogens with zero attached hydrogens (tertiary/aromatic N) is 3. The number of aromatic nitrogens is 3. The molecule has 4 rings (SSSR count). The predicted octanol–water partition coefficient (Wildman–Crippen LogP) is 6.23. The van der Waals surface area contributed by atoms with Gasteiger partial charge in [-0.2, -0.15) is 18.3 Å². The number of benzene rings is 2. The van der Waals surface area contributed by atoms with E-state index in [9.17, 15) is 18.0 Å². The minimum absolute atomic E-state index is 0.138. The maximum absolute atomic E-state index is 13.8. The van der Waals surface area contributed by atoms with E-state index >= 15 is 0 Å². The third-order valence-electron chi connectivity index (χ3n) is 4.41. The topological polar surface area (TPSA) is 59.8 Å². The lowest BCUT2D eigenvalue weighted by Crippen LogP contribution is -2.20. The maximum Gasteiger partial charge on any atom is 0.434 e. The van der Waals surface area contributed by atoms with Crippen molar-refractivity contribution in [2.45, 2.75) is 13.1 Å². The molecule has 0 bridgehead atoms. The Bertz CT molecular complexity index is 1230. The minimum Gasteiger partial charge on any atom is -0.322 e. The molecule has 0 aliphatic heterocycles. The molecular weight excluding hydrogens is 449 g/mol. The molecule has 158 valence electrons. The van der Waals surface area contributed by atoms with Gasteiger partial charge in [-0.15, -0.1) is 11.3 Å². The molecule has 2 aromatic carbocycles. The van der Waals surface area contributed by atoms with Crippen molar-refractivity contribution in [3.05, 3.63) is 81.4 Å². The first-order valence-electron chi connectivity index (χ1n) is 8.97. The standard InChI is InChI=1S/C21H14ClF3N4OS/c1-12-27-18(11-31-12)13-2-6-15(7-3-13)28-20(30)17-10-26-29(19(17)21(23,24)25)16-8-4-14(22)5-9-16/h2-11H,1H3,(H,28,30). The highest BCUT2D eigenvalue weighted by atomic mass is 35.5. The molecule has 0 aliphatic rings. The summed E-state index contributed by atoms with van der Waals surface area (Å²) in [4.78, 5) is 17.0. The highest BCUT2D eigenvalue weighted by Crippen LogP contribution is 2.34. The number of carbonyl (C=O) groups excluding carboxylic acids is 1. The number of nitrogens with one attached hydrogen (secondary N) is 1. The molecule has 1 amide bonds. The van der Waals surface area contributed by atoms with Gasteiger partial charge in [0.15, 0.2) is 5.69 Å². The van der Waals surface area contributed by atoms with Gasteiger partial charge in [-0.1, -0.05) is 23.7 Å². The van der Waals surface area contributed by atoms with Gasteiger partial charge >= 0.3 is 6.18 Å². The molecule has 0 saturated carbocycles. The fraction of sp³-hybridized carbons (Fsp3) is 0.0952. The van der Waals surface area contributed by atoms with Crippen molar-refractivity contribution >= 4 is 34.5 Å². The molecule has 4 aromatic rings. The van der Waals surface area contributed by atoms with Crippen LogP contribution in [-0.4, -0.2) is 20.7 Å². The summed E-state index contributed by atoms with van der Waals surface area (Å²) >= 11 is 7.32. The van der Waals surface area contributed by atoms with Crippen LogP contribution in [0.3, 0.4) is 0 Å². The number of alkyl halides is 3. The smallest absolute Gasteiger partial charge is 0.322 e. The van der Waals surface area contributed by atoms with Crippen LogP contribution in [0.5, 0.6) is 0 Å². The van der Waals surface area contributed by atoms with Crippen molar-refractivity contribution in [3.8, 4) is 16.9 Å². The first kappa shape index (κ1) is 21.1. The first-order chi connectivity index (χ1) is 14.7. The van der Waals surface area contributed by atoms with E-state index < -0.39 is 23.3 Å². The Kier molecular flexibility index (Phi) is 5.55. The number of carbonyl (C=O) groups is 1. The Morgan fingerprint density at radius 2 is 1.77 bits per heavy atom. The van der Waals surface area contributed by atoms with Gasteiger partial charge in [-0.25, -0.2) is 9.67 Å². The largest absolute Gasteiger partial charge is 0.434 e. The van der Waals surface area contributed by atoms with Gasteiger partial charge in [-0.05, 0) is 43.3 Å². The lowest BCUT2D eigenvalue weighted by atomic mass is 10.1. The number of hydrogen-bond acceptors (Lipinski definition) is 4. The van der Waals surface area contributed by atoms with Crippen LogP contribution in [0.25, 0.3) is 16.9 Å². The SMILES string of the molecule is Cc1nc(-c2ccc(NC(=O)c3cnn(-c4ccc(Cl)cc4)c3C(F)(F)F)cc2)cs1. The van der Waals surface area contributed by atoms with Crippen LogP contribution in [0.2, 0.25) is 5.02 Å². The van der Waals surface area contributed by atoms with Gasteiger partial charge in [-0.3, -0.25) is 4.79 Å². The van der Waals surface area contributed by atoms with Crippen LogP contribution < -0.4 is 5.32 Å². The highest BCUT2D eigenvalue weighted by Gasteiger charge is 2.40. The van der Waals surface area contributed by atoms with Crippen LogP contribution in [0, 0.1) is 6.92 Å². The molecular formula is C21H14ClF3N4OS. The fourth-order valence-electron chi connectivity index (χ4n) is 2.98. The summed E-state index contributed by atoms with van der Waals surface area (Å²) in [5.74, 6) is -0.912. The molecule has 0 saturated heterocycles. The van der Waals surface area contributed by atoms with E-state index in [0.717, 1.165) is 22.5 Å². The number of amides is 1. The third kappa shape index (κ3) is 4.47. The number of anilines is 1. The lowest BCUT2D eigenvalue weighted by Gasteiger charge is -2.13. The Morgan fingerprint density at radius 3 is 2.35 bits per heavy atom. The van der Waals surface area contributed by atoms with Gasteiger partial charge in [0, 0.05) is 21.7 Å². The second-order valence-electron chi connectivity index (χ2n) is 6.58. The molecule has 10 heteroatoms. The molecule has 0 fully saturated rings. The Morgan fingerprint density at radius 1 is 1.10 bits per heavy atom. The van der Waals surface area contributed by atoms with E-state index in [1.54, 1.807) is 24.3 Å². The second kappa shape index (κ2) is 8.16. The first-order valence-corrected chi connectivity index (χ1v) is 10.2. The summed E-state index contributed by atoms with van der Waals surface area (Å²) in [5, 5.41) is 9.49. The summed E-state index contributed by atoms with van der Waals surface area (Å²) in [6.45, 7) is 1.89. The normalized spacial score (nSPS) is 11.5. The molecule has 0 radical (unpaired) electrons. The zero-order valence-electron chi connectivity index (χ0n) is 15.9. The summed E-state index contributed by atoms with van der Waals surface area (Å²) < 4.78 is 42.0. The van der Waals surface area contributed by atoms with E-state index in [-0.39, 0.29) is 5.69 Å². The summed E-state index contributed by atoms with van der Waals surface area (Å²) in [7, 11) is 0. The van der Waals surface area contributed by atoms with Crippen molar-refractivity contribution in [2.75, 3.05) is 5.32 Å². The Balaban J connectivity index is 1.62. The summed E-state index contributed by atoms with van der Waals surface area (Å²) in [6, 6.07) is 12.4. The number of rotatable bonds is 4. The van der Waals surface area contributed by atoms with Crippen molar-refractivity contribution in [1.82, 2.24) is 14.8 Å². The van der Waals surface area contributed by atoms with Gasteiger partial charge in [0.05, 0.1) is 28.1 Å². The van der Waals surface area contributed by atoms with E-state index in [1.165, 1.54) is 35.6 Å². The number of thiazole rings is 1. The van der Waals surface area contributed by atoms with Crippen LogP contribution in [0.4, 0.5) is 18.9 Å². The number of aryl methyl sites for hydroxylation is 1. The molecule has 0 atom stereocenters. The van der Waals surface area contributed by atoms with Gasteiger partial charge in [0.1, 0.15) is 0 Å². The summed E-state index contributed by atoms with van der Waals surface area (Å²) in [5.41, 5.74) is 0.383. The van der Waals surface area contributed by atoms with Gasteiger partial charge in [0.2, 0.25) is 0 Å². The molecule has 2 aromatic heterocycles. The van der Waals surface area contributed by atoms with E-state index in [2.05, 4.69) is 15.4 Å². The predicted molar refractivity (Wildman–Crippen MR) is 114 cm³/mol. The van der Waals surface area contributed by atoms with E-state index in [0.29, 0.717) is 15.4 Å². The Hall–Kier alpha value is -3.17. The minimum atomic E-state index is -4.80. The number of hydrogen-bond donors (Lipinski definition) is 1. The zero-order chi connectivity index (χ0) is 22.2. The summed E-state index contributed by atoms with van der Waals surface area (Å²) in [6.07, 6.45) is -3.89. The molecule has 1 N–H and O–H groups in total. The van der Waals surface area contributed by atoms with Crippen LogP contribution >= 0.6 is 22.9 Å². The molecule has 0 unspecified atom stereocenters. The van der Waals surface area contributed by atoms with Crippen LogP contribution in [0.15, 0.2) is 60.1 Å². The molecule has 31 heavy (non-hydrogen) atoms. The average molecular weight is 463 g/mol. The Labute approximate surface area is 184 Å². The van der Waals surface area contributed by atoms with Gasteiger partial charge < -0.3 is 5.32 Å². The average Bonchev–Trinajstić information content (AvgIpc) is 3.36. The lowest BCUT2D eigenvalue weighted by molar-refractivity contribution is -0.143. The highest BCUT2D eigenvalue weighted by molar-refractivity contribution is 7.09. The fourth-order valence-corrected chi connectivity index (χ4v) is 3.73. The van der Waals surface area contributed by atoms with Crippen LogP contribution in [0.1, 0.15) is 21.1 Å². The van der Waals surface area contributed by atoms with Crippen molar-refractivity contribution in [3.63, 3.8) is 0 Å². The molecule has 0 spiro atoms. The van der Waals surface area contributed by atoms with E-state index in [4.69, 9.17) is 11.6 Å². The van der Waals surface area contributed by atoms with Gasteiger partial charge in [0.25, 0.3) is 5.91 Å². The molecule has 5 nitrogen and oxygen atoms in total. The quantitative estimate of drug-likeness (QED) is 0.391. The van der Waals surface area contributed by atoms with Crippen LogP contribution in [-0.2, 0) is 6.18 Å². The third-order valence-corrected chi connectivity index (χ3v) is 5.44. The monoisotopic (exact) mass is 462 g/mol. The van der Waals surface area contributed by atoms with E-state index in [1.807, 2.05) is 12.3 Å². The number of halogens is 4. The molecule has 2 heterocycles. The van der Waals surface area contributed by atoms with Crippen molar-refractivity contribution < 1.29 is 18.0 Å². The second-order valence-corrected chi connectivity index (χ2v) is 8.07.